The topological polar surface area (TPSA) is 26.0 Å². The number of fused-ring (bicyclic) bond motifs is 1. The van der Waals surface area contributed by atoms with Crippen LogP contribution in [0.25, 0.3) is 10.8 Å². The predicted octanol–water partition coefficient (Wildman–Crippen LogP) is 4.34. The largest absolute Gasteiger partial charge is 0.320 e. The van der Waals surface area contributed by atoms with E-state index in [2.05, 4.69) is 0 Å². The maximum atomic E-state index is 14.0. The lowest BCUT2D eigenvalue weighted by molar-refractivity contribution is 0.599. The Labute approximate surface area is 117 Å². The quantitative estimate of drug-likeness (QED) is 0.733. The minimum Gasteiger partial charge on any atom is -0.320 e. The molecule has 100 valence electrons. The van der Waals surface area contributed by atoms with Crippen LogP contribution in [0.3, 0.4) is 0 Å². The highest BCUT2D eigenvalue weighted by Gasteiger charge is 2.15. The third kappa shape index (κ3) is 2.19. The first kappa shape index (κ1) is 12.8. The molecular weight excluding hydrogens is 249 g/mol. The molecule has 1 unspecified atom stereocenters. The molecule has 1 atom stereocenters. The van der Waals surface area contributed by atoms with E-state index >= 15 is 0 Å². The summed E-state index contributed by atoms with van der Waals surface area (Å²) in [5, 5.41) is 2.19. The summed E-state index contributed by atoms with van der Waals surface area (Å²) in [5.74, 6) is -0.254. The third-order valence-electron chi connectivity index (χ3n) is 3.64. The first-order chi connectivity index (χ1) is 9.66. The molecule has 0 aromatic heterocycles. The highest BCUT2D eigenvalue weighted by Crippen LogP contribution is 2.29. The molecule has 0 saturated heterocycles. The van der Waals surface area contributed by atoms with E-state index in [4.69, 9.17) is 5.73 Å². The molecule has 0 aliphatic carbocycles. The molecule has 20 heavy (non-hydrogen) atoms. The monoisotopic (exact) mass is 265 g/mol. The van der Waals surface area contributed by atoms with Gasteiger partial charge in [0.15, 0.2) is 0 Å². The van der Waals surface area contributed by atoms with Crippen LogP contribution < -0.4 is 5.73 Å². The van der Waals surface area contributed by atoms with E-state index in [-0.39, 0.29) is 5.82 Å². The number of hydrogen-bond acceptors (Lipinski definition) is 1. The summed E-state index contributed by atoms with van der Waals surface area (Å²) < 4.78 is 14.0. The average molecular weight is 265 g/mol. The molecule has 0 aliphatic heterocycles. The molecule has 3 aromatic rings. The Bertz CT molecular complexity index is 759. The van der Waals surface area contributed by atoms with Crippen molar-refractivity contribution in [3.63, 3.8) is 0 Å². The Hall–Kier alpha value is -2.19. The molecule has 0 heterocycles. The fourth-order valence-corrected chi connectivity index (χ4v) is 2.59. The van der Waals surface area contributed by atoms with Crippen LogP contribution in [0.2, 0.25) is 0 Å². The molecule has 0 spiro atoms. The van der Waals surface area contributed by atoms with Gasteiger partial charge in [0, 0.05) is 5.56 Å². The predicted molar refractivity (Wildman–Crippen MR) is 81.1 cm³/mol. The molecule has 0 radical (unpaired) electrons. The lowest BCUT2D eigenvalue weighted by Crippen LogP contribution is -2.14. The first-order valence-corrected chi connectivity index (χ1v) is 6.66. The van der Waals surface area contributed by atoms with Crippen LogP contribution in [0, 0.1) is 12.7 Å². The fourth-order valence-electron chi connectivity index (χ4n) is 2.59. The van der Waals surface area contributed by atoms with Crippen molar-refractivity contribution in [2.75, 3.05) is 0 Å². The van der Waals surface area contributed by atoms with E-state index in [1.807, 2.05) is 55.5 Å². The van der Waals surface area contributed by atoms with Crippen molar-refractivity contribution >= 4 is 10.8 Å². The van der Waals surface area contributed by atoms with E-state index in [1.165, 1.54) is 6.07 Å². The molecule has 3 aromatic carbocycles. The summed E-state index contributed by atoms with van der Waals surface area (Å²) in [6, 6.07) is 18.6. The van der Waals surface area contributed by atoms with E-state index in [0.29, 0.717) is 5.56 Å². The van der Waals surface area contributed by atoms with Gasteiger partial charge in [0.05, 0.1) is 6.04 Å². The van der Waals surface area contributed by atoms with Crippen LogP contribution in [-0.2, 0) is 0 Å². The van der Waals surface area contributed by atoms with Crippen molar-refractivity contribution in [3.8, 4) is 0 Å². The number of hydrogen-bond donors (Lipinski definition) is 1. The number of nitrogens with two attached hydrogens (primary N) is 1. The summed E-state index contributed by atoms with van der Waals surface area (Å²) in [5.41, 5.74) is 8.82. The summed E-state index contributed by atoms with van der Waals surface area (Å²) in [4.78, 5) is 0. The minimum atomic E-state index is -0.457. The summed E-state index contributed by atoms with van der Waals surface area (Å²) in [7, 11) is 0. The van der Waals surface area contributed by atoms with Gasteiger partial charge in [-0.15, -0.1) is 0 Å². The highest BCUT2D eigenvalue weighted by molar-refractivity contribution is 5.86. The van der Waals surface area contributed by atoms with E-state index in [9.17, 15) is 4.39 Å². The second-order valence-electron chi connectivity index (χ2n) is 5.07. The van der Waals surface area contributed by atoms with Crippen molar-refractivity contribution in [2.24, 2.45) is 5.73 Å². The summed E-state index contributed by atoms with van der Waals surface area (Å²) in [6.45, 7) is 1.94. The molecule has 2 heteroatoms. The fraction of sp³-hybridized carbons (Fsp3) is 0.111. The van der Waals surface area contributed by atoms with Crippen molar-refractivity contribution in [2.45, 2.75) is 13.0 Å². The van der Waals surface area contributed by atoms with Gasteiger partial charge in [0.1, 0.15) is 5.82 Å². The van der Waals surface area contributed by atoms with Crippen LogP contribution in [0.4, 0.5) is 4.39 Å². The highest BCUT2D eigenvalue weighted by atomic mass is 19.1. The maximum Gasteiger partial charge on any atom is 0.128 e. The smallest absolute Gasteiger partial charge is 0.128 e. The molecular formula is C18H16FN. The van der Waals surface area contributed by atoms with Crippen LogP contribution >= 0.6 is 0 Å². The number of halogens is 1. The van der Waals surface area contributed by atoms with Crippen molar-refractivity contribution in [1.82, 2.24) is 0 Å². The second kappa shape index (κ2) is 5.06. The Morgan fingerprint density at radius 1 is 0.900 bits per heavy atom. The van der Waals surface area contributed by atoms with E-state index < -0.39 is 6.04 Å². The van der Waals surface area contributed by atoms with Crippen LogP contribution in [0.5, 0.6) is 0 Å². The third-order valence-corrected chi connectivity index (χ3v) is 3.64. The van der Waals surface area contributed by atoms with Gasteiger partial charge in [-0.1, -0.05) is 60.2 Å². The maximum absolute atomic E-state index is 14.0. The molecule has 0 aliphatic rings. The van der Waals surface area contributed by atoms with Crippen molar-refractivity contribution in [1.29, 1.82) is 0 Å². The molecule has 0 saturated carbocycles. The van der Waals surface area contributed by atoms with E-state index in [0.717, 1.165) is 21.9 Å². The molecule has 0 bridgehead atoms. The summed E-state index contributed by atoms with van der Waals surface area (Å²) >= 11 is 0. The van der Waals surface area contributed by atoms with Crippen LogP contribution in [-0.4, -0.2) is 0 Å². The summed E-state index contributed by atoms with van der Waals surface area (Å²) in [6.07, 6.45) is 0. The van der Waals surface area contributed by atoms with Crippen molar-refractivity contribution in [3.05, 3.63) is 83.2 Å². The molecule has 0 fully saturated rings. The Balaban J connectivity index is 2.17. The van der Waals surface area contributed by atoms with Gasteiger partial charge in [-0.25, -0.2) is 4.39 Å². The number of benzene rings is 3. The van der Waals surface area contributed by atoms with Gasteiger partial charge in [-0.05, 0) is 29.3 Å². The second-order valence-corrected chi connectivity index (χ2v) is 5.07. The van der Waals surface area contributed by atoms with E-state index in [1.54, 1.807) is 6.07 Å². The van der Waals surface area contributed by atoms with Crippen molar-refractivity contribution < 1.29 is 4.39 Å². The number of aryl methyl sites for hydroxylation is 1. The van der Waals surface area contributed by atoms with Crippen LogP contribution in [0.1, 0.15) is 22.7 Å². The average Bonchev–Trinajstić information content (AvgIpc) is 2.48. The Kier molecular flexibility index (Phi) is 3.25. The lowest BCUT2D eigenvalue weighted by atomic mass is 9.93. The Morgan fingerprint density at radius 2 is 1.65 bits per heavy atom. The molecule has 0 amide bonds. The zero-order chi connectivity index (χ0) is 14.1. The zero-order valence-electron chi connectivity index (χ0n) is 11.3. The molecule has 2 N–H and O–H groups in total. The van der Waals surface area contributed by atoms with Gasteiger partial charge in [0.25, 0.3) is 0 Å². The van der Waals surface area contributed by atoms with Gasteiger partial charge in [-0.3, -0.25) is 0 Å². The van der Waals surface area contributed by atoms with Crippen LogP contribution in [0.15, 0.2) is 60.7 Å². The van der Waals surface area contributed by atoms with Gasteiger partial charge < -0.3 is 5.73 Å². The molecule has 3 rings (SSSR count). The normalized spacial score (nSPS) is 12.6. The van der Waals surface area contributed by atoms with Gasteiger partial charge in [-0.2, -0.15) is 0 Å². The molecule has 1 nitrogen and oxygen atoms in total. The lowest BCUT2D eigenvalue weighted by Gasteiger charge is -2.16. The number of rotatable bonds is 2. The minimum absolute atomic E-state index is 0.254. The zero-order valence-corrected chi connectivity index (χ0v) is 11.3. The van der Waals surface area contributed by atoms with Gasteiger partial charge in [0.2, 0.25) is 0 Å². The van der Waals surface area contributed by atoms with Gasteiger partial charge >= 0.3 is 0 Å². The first-order valence-electron chi connectivity index (χ1n) is 6.66. The standard InChI is InChI=1S/C18H16FN/c1-12-9-10-17(19)16(11-12)18(20)15-8-4-6-13-5-2-3-7-14(13)15/h2-11,18H,20H2,1H3. The Morgan fingerprint density at radius 3 is 2.50 bits per heavy atom. The SMILES string of the molecule is Cc1ccc(F)c(C(N)c2cccc3ccccc23)c1.